The molecule has 0 aliphatic heterocycles. The van der Waals surface area contributed by atoms with Gasteiger partial charge in [0.1, 0.15) is 5.69 Å². The van der Waals surface area contributed by atoms with E-state index >= 15 is 0 Å². The van der Waals surface area contributed by atoms with Crippen LogP contribution in [0.5, 0.6) is 0 Å². The molecular weight excluding hydrogens is 274 g/mol. The molecular formula is C18H35N3O. The Labute approximate surface area is 136 Å². The van der Waals surface area contributed by atoms with E-state index in [0.717, 1.165) is 25.3 Å². The van der Waals surface area contributed by atoms with Crippen molar-refractivity contribution >= 4 is 0 Å². The lowest BCUT2D eigenvalue weighted by atomic mass is 10.1. The van der Waals surface area contributed by atoms with Crippen LogP contribution in [0.1, 0.15) is 90.2 Å². The van der Waals surface area contributed by atoms with Gasteiger partial charge in [-0.25, -0.2) is 0 Å². The van der Waals surface area contributed by atoms with Crippen LogP contribution >= 0.6 is 0 Å². The standard InChI is InChI=1S/C18H35N3O/c1-3-5-7-8-9-10-11-12-13-14-21-16-18(19-20-21)17-22-15-6-4-2/h16H,3-15,17H2,1-2H3. The van der Waals surface area contributed by atoms with Crippen LogP contribution < -0.4 is 0 Å². The zero-order chi connectivity index (χ0) is 15.9. The van der Waals surface area contributed by atoms with Crippen molar-refractivity contribution in [1.82, 2.24) is 15.0 Å². The molecule has 0 saturated carbocycles. The molecule has 0 atom stereocenters. The lowest BCUT2D eigenvalue weighted by Gasteiger charge is -2.02. The smallest absolute Gasteiger partial charge is 0.108 e. The highest BCUT2D eigenvalue weighted by Crippen LogP contribution is 2.10. The Bertz CT molecular complexity index is 352. The van der Waals surface area contributed by atoms with Gasteiger partial charge in [-0.05, 0) is 12.8 Å². The van der Waals surface area contributed by atoms with Gasteiger partial charge in [0.15, 0.2) is 0 Å². The zero-order valence-corrected chi connectivity index (χ0v) is 14.7. The summed E-state index contributed by atoms with van der Waals surface area (Å²) in [5.41, 5.74) is 0.951. The van der Waals surface area contributed by atoms with Gasteiger partial charge in [0, 0.05) is 13.2 Å². The van der Waals surface area contributed by atoms with Crippen molar-refractivity contribution in [2.75, 3.05) is 6.61 Å². The van der Waals surface area contributed by atoms with E-state index in [1.54, 1.807) is 0 Å². The molecule has 0 radical (unpaired) electrons. The minimum atomic E-state index is 0.595. The average molecular weight is 309 g/mol. The van der Waals surface area contributed by atoms with Crippen molar-refractivity contribution in [3.05, 3.63) is 11.9 Å². The van der Waals surface area contributed by atoms with Gasteiger partial charge in [-0.2, -0.15) is 0 Å². The number of hydrogen-bond acceptors (Lipinski definition) is 3. The second kappa shape index (κ2) is 13.7. The number of hydrogen-bond donors (Lipinski definition) is 0. The molecule has 1 aromatic rings. The normalized spacial score (nSPS) is 11.2. The molecule has 0 N–H and O–H groups in total. The molecule has 0 amide bonds. The quantitative estimate of drug-likeness (QED) is 0.422. The second-order valence-corrected chi connectivity index (χ2v) is 6.21. The van der Waals surface area contributed by atoms with Gasteiger partial charge in [0.05, 0.1) is 12.8 Å². The molecule has 4 nitrogen and oxygen atoms in total. The van der Waals surface area contributed by atoms with Gasteiger partial charge in [-0.1, -0.05) is 76.8 Å². The van der Waals surface area contributed by atoms with E-state index in [1.807, 2.05) is 10.9 Å². The number of nitrogens with zero attached hydrogens (tertiary/aromatic N) is 3. The molecule has 0 aromatic carbocycles. The largest absolute Gasteiger partial charge is 0.375 e. The van der Waals surface area contributed by atoms with Crippen LogP contribution in [0.2, 0.25) is 0 Å². The summed E-state index contributed by atoms with van der Waals surface area (Å²) in [4.78, 5) is 0. The van der Waals surface area contributed by atoms with Crippen molar-refractivity contribution in [3.8, 4) is 0 Å². The Morgan fingerprint density at radius 1 is 0.864 bits per heavy atom. The van der Waals surface area contributed by atoms with Crippen LogP contribution in [0.25, 0.3) is 0 Å². The fourth-order valence-corrected chi connectivity index (χ4v) is 2.52. The Morgan fingerprint density at radius 3 is 2.18 bits per heavy atom. The van der Waals surface area contributed by atoms with Gasteiger partial charge in [-0.15, -0.1) is 5.10 Å². The van der Waals surface area contributed by atoms with E-state index in [-0.39, 0.29) is 0 Å². The van der Waals surface area contributed by atoms with Gasteiger partial charge >= 0.3 is 0 Å². The lowest BCUT2D eigenvalue weighted by molar-refractivity contribution is 0.115. The number of rotatable bonds is 15. The Balaban J connectivity index is 1.95. The van der Waals surface area contributed by atoms with Gasteiger partial charge < -0.3 is 4.74 Å². The summed E-state index contributed by atoms with van der Waals surface area (Å²) in [5, 5.41) is 8.33. The van der Waals surface area contributed by atoms with E-state index < -0.39 is 0 Å². The molecule has 128 valence electrons. The molecule has 1 aromatic heterocycles. The first-order chi connectivity index (χ1) is 10.9. The molecule has 0 fully saturated rings. The first kappa shape index (κ1) is 19.1. The van der Waals surface area contributed by atoms with Crippen molar-refractivity contribution in [2.45, 2.75) is 97.6 Å². The maximum absolute atomic E-state index is 5.56. The fourth-order valence-electron chi connectivity index (χ4n) is 2.52. The minimum absolute atomic E-state index is 0.595. The predicted octanol–water partition coefficient (Wildman–Crippen LogP) is 5.13. The monoisotopic (exact) mass is 309 g/mol. The number of aryl methyl sites for hydroxylation is 1. The first-order valence-electron chi connectivity index (χ1n) is 9.33. The van der Waals surface area contributed by atoms with Gasteiger partial charge in [0.2, 0.25) is 0 Å². The molecule has 1 rings (SSSR count). The molecule has 0 aliphatic rings. The van der Waals surface area contributed by atoms with Crippen LogP contribution in [-0.4, -0.2) is 21.6 Å². The van der Waals surface area contributed by atoms with E-state index in [9.17, 15) is 0 Å². The van der Waals surface area contributed by atoms with Crippen LogP contribution in [0, 0.1) is 0 Å². The average Bonchev–Trinajstić information content (AvgIpc) is 2.98. The summed E-state index contributed by atoms with van der Waals surface area (Å²) in [6, 6.07) is 0. The minimum Gasteiger partial charge on any atom is -0.375 e. The summed E-state index contributed by atoms with van der Waals surface area (Å²) in [6.45, 7) is 6.84. The van der Waals surface area contributed by atoms with Crippen LogP contribution in [0.3, 0.4) is 0 Å². The first-order valence-corrected chi connectivity index (χ1v) is 9.33. The topological polar surface area (TPSA) is 39.9 Å². The van der Waals surface area contributed by atoms with Gasteiger partial charge in [-0.3, -0.25) is 4.68 Å². The lowest BCUT2D eigenvalue weighted by Crippen LogP contribution is -1.98. The summed E-state index contributed by atoms with van der Waals surface area (Å²) in [7, 11) is 0. The summed E-state index contributed by atoms with van der Waals surface area (Å²) < 4.78 is 7.51. The number of aromatic nitrogens is 3. The molecule has 0 bridgehead atoms. The van der Waals surface area contributed by atoms with Crippen LogP contribution in [-0.2, 0) is 17.9 Å². The molecule has 22 heavy (non-hydrogen) atoms. The maximum Gasteiger partial charge on any atom is 0.108 e. The highest BCUT2D eigenvalue weighted by Gasteiger charge is 2.01. The summed E-state index contributed by atoms with van der Waals surface area (Å²) >= 11 is 0. The fraction of sp³-hybridized carbons (Fsp3) is 0.889. The van der Waals surface area contributed by atoms with E-state index in [4.69, 9.17) is 4.74 Å². The van der Waals surface area contributed by atoms with E-state index in [2.05, 4.69) is 24.2 Å². The third kappa shape index (κ3) is 9.93. The molecule has 0 unspecified atom stereocenters. The van der Waals surface area contributed by atoms with Crippen molar-refractivity contribution in [1.29, 1.82) is 0 Å². The highest BCUT2D eigenvalue weighted by molar-refractivity contribution is 4.89. The Morgan fingerprint density at radius 2 is 1.50 bits per heavy atom. The SMILES string of the molecule is CCCCCCCCCCCn1cc(COCCCC)nn1. The Hall–Kier alpha value is -0.900. The molecule has 0 saturated heterocycles. The summed E-state index contributed by atoms with van der Waals surface area (Å²) in [6.07, 6.45) is 16.5. The third-order valence-corrected chi connectivity index (χ3v) is 3.97. The Kier molecular flexibility index (Phi) is 12.0. The zero-order valence-electron chi connectivity index (χ0n) is 14.7. The predicted molar refractivity (Wildman–Crippen MR) is 91.8 cm³/mol. The van der Waals surface area contributed by atoms with Crippen molar-refractivity contribution in [3.63, 3.8) is 0 Å². The molecule has 1 heterocycles. The van der Waals surface area contributed by atoms with Crippen molar-refractivity contribution in [2.24, 2.45) is 0 Å². The van der Waals surface area contributed by atoms with Crippen molar-refractivity contribution < 1.29 is 4.74 Å². The third-order valence-electron chi connectivity index (χ3n) is 3.97. The molecule has 0 spiro atoms. The van der Waals surface area contributed by atoms with E-state index in [0.29, 0.717) is 6.61 Å². The van der Waals surface area contributed by atoms with Crippen LogP contribution in [0.15, 0.2) is 6.20 Å². The summed E-state index contributed by atoms with van der Waals surface area (Å²) in [5.74, 6) is 0. The van der Waals surface area contributed by atoms with Gasteiger partial charge in [0.25, 0.3) is 0 Å². The second-order valence-electron chi connectivity index (χ2n) is 6.21. The molecule has 4 heteroatoms. The number of ether oxygens (including phenoxy) is 1. The van der Waals surface area contributed by atoms with Crippen LogP contribution in [0.4, 0.5) is 0 Å². The maximum atomic E-state index is 5.56. The van der Waals surface area contributed by atoms with E-state index in [1.165, 1.54) is 64.2 Å². The highest BCUT2D eigenvalue weighted by atomic mass is 16.5. The number of unbranched alkanes of at least 4 members (excludes halogenated alkanes) is 9. The molecule has 0 aliphatic carbocycles.